The van der Waals surface area contributed by atoms with Crippen LogP contribution in [0, 0.1) is 0 Å². The Labute approximate surface area is 120 Å². The van der Waals surface area contributed by atoms with Gasteiger partial charge in [0.1, 0.15) is 0 Å². The molecular formula is C15H23N3O2. The van der Waals surface area contributed by atoms with Crippen molar-refractivity contribution in [1.82, 2.24) is 5.32 Å². The van der Waals surface area contributed by atoms with Crippen molar-refractivity contribution >= 4 is 5.96 Å². The van der Waals surface area contributed by atoms with E-state index in [9.17, 15) is 0 Å². The van der Waals surface area contributed by atoms with Crippen molar-refractivity contribution in [1.29, 1.82) is 0 Å². The Morgan fingerprint density at radius 2 is 2.10 bits per heavy atom. The van der Waals surface area contributed by atoms with Gasteiger partial charge >= 0.3 is 0 Å². The van der Waals surface area contributed by atoms with Crippen LogP contribution in [-0.4, -0.2) is 33.3 Å². The zero-order chi connectivity index (χ0) is 14.8. The van der Waals surface area contributed by atoms with Gasteiger partial charge in [-0.1, -0.05) is 12.1 Å². The van der Waals surface area contributed by atoms with E-state index in [0.29, 0.717) is 19.0 Å². The van der Waals surface area contributed by atoms with Crippen molar-refractivity contribution in [3.8, 4) is 11.5 Å². The van der Waals surface area contributed by atoms with Crippen LogP contribution >= 0.6 is 0 Å². The van der Waals surface area contributed by atoms with Crippen molar-refractivity contribution in [2.75, 3.05) is 27.3 Å². The minimum Gasteiger partial charge on any atom is -0.493 e. The molecule has 1 aromatic rings. The molecular weight excluding hydrogens is 254 g/mol. The van der Waals surface area contributed by atoms with E-state index in [4.69, 9.17) is 15.2 Å². The number of benzene rings is 1. The number of nitrogens with one attached hydrogen (secondary N) is 1. The van der Waals surface area contributed by atoms with Crippen LogP contribution in [0.1, 0.15) is 12.0 Å². The standard InChI is InChI=1S/C15H23N3O2/c1-4-9-17-15(16)18-10-5-6-12-7-8-13(19-2)14(11-12)20-3/h4,7-8,11H,1,5-6,9-10H2,2-3H3,(H3,16,17,18). The summed E-state index contributed by atoms with van der Waals surface area (Å²) in [5, 5.41) is 2.94. The van der Waals surface area contributed by atoms with Crippen LogP contribution in [0.4, 0.5) is 0 Å². The number of methoxy groups -OCH3 is 2. The molecule has 0 saturated carbocycles. The maximum Gasteiger partial charge on any atom is 0.188 e. The highest BCUT2D eigenvalue weighted by atomic mass is 16.5. The number of aryl methyl sites for hydroxylation is 1. The van der Waals surface area contributed by atoms with Crippen molar-refractivity contribution in [3.05, 3.63) is 36.4 Å². The molecule has 0 fully saturated rings. The summed E-state index contributed by atoms with van der Waals surface area (Å²) in [6.45, 7) is 4.92. The molecule has 20 heavy (non-hydrogen) atoms. The molecule has 0 unspecified atom stereocenters. The summed E-state index contributed by atoms with van der Waals surface area (Å²) >= 11 is 0. The third-order valence-electron chi connectivity index (χ3n) is 2.78. The van der Waals surface area contributed by atoms with Crippen LogP contribution in [0.3, 0.4) is 0 Å². The molecule has 1 rings (SSSR count). The molecule has 3 N–H and O–H groups in total. The van der Waals surface area contributed by atoms with Crippen LogP contribution in [0.5, 0.6) is 11.5 Å². The summed E-state index contributed by atoms with van der Waals surface area (Å²) < 4.78 is 10.5. The predicted octanol–water partition coefficient (Wildman–Crippen LogP) is 1.73. The van der Waals surface area contributed by atoms with Gasteiger partial charge in [0.2, 0.25) is 0 Å². The molecule has 0 heterocycles. The van der Waals surface area contributed by atoms with Gasteiger partial charge in [0, 0.05) is 13.1 Å². The zero-order valence-electron chi connectivity index (χ0n) is 12.2. The van der Waals surface area contributed by atoms with Crippen molar-refractivity contribution < 1.29 is 9.47 Å². The molecule has 1 aromatic carbocycles. The van der Waals surface area contributed by atoms with Gasteiger partial charge in [0.25, 0.3) is 0 Å². The Kier molecular flexibility index (Phi) is 7.03. The van der Waals surface area contributed by atoms with E-state index in [1.165, 1.54) is 5.56 Å². The van der Waals surface area contributed by atoms with E-state index in [2.05, 4.69) is 16.9 Å². The largest absolute Gasteiger partial charge is 0.493 e. The molecule has 0 bridgehead atoms. The van der Waals surface area contributed by atoms with Crippen LogP contribution in [0.25, 0.3) is 0 Å². The Morgan fingerprint density at radius 3 is 2.75 bits per heavy atom. The molecule has 0 radical (unpaired) electrons. The first-order valence-corrected chi connectivity index (χ1v) is 6.56. The molecule has 0 aliphatic carbocycles. The highest BCUT2D eigenvalue weighted by Gasteiger charge is 2.04. The normalized spacial score (nSPS) is 11.0. The van der Waals surface area contributed by atoms with Gasteiger partial charge in [-0.25, -0.2) is 0 Å². The monoisotopic (exact) mass is 277 g/mol. The molecule has 0 spiro atoms. The molecule has 0 atom stereocenters. The highest BCUT2D eigenvalue weighted by molar-refractivity contribution is 5.77. The molecule has 5 heteroatoms. The first-order valence-electron chi connectivity index (χ1n) is 6.56. The maximum absolute atomic E-state index is 5.68. The van der Waals surface area contributed by atoms with Gasteiger partial charge in [-0.3, -0.25) is 4.99 Å². The summed E-state index contributed by atoms with van der Waals surface area (Å²) in [5.74, 6) is 1.95. The Hall–Kier alpha value is -2.17. The maximum atomic E-state index is 5.68. The summed E-state index contributed by atoms with van der Waals surface area (Å²) in [5.41, 5.74) is 6.87. The molecule has 0 amide bonds. The van der Waals surface area contributed by atoms with E-state index >= 15 is 0 Å². The minimum atomic E-state index is 0.456. The number of nitrogens with zero attached hydrogens (tertiary/aromatic N) is 1. The second kappa shape index (κ2) is 8.85. The van der Waals surface area contributed by atoms with Crippen molar-refractivity contribution in [3.63, 3.8) is 0 Å². The number of aliphatic imine (C=N–C) groups is 1. The Bertz CT molecular complexity index is 458. The molecule has 110 valence electrons. The van der Waals surface area contributed by atoms with Crippen LogP contribution in [-0.2, 0) is 6.42 Å². The predicted molar refractivity (Wildman–Crippen MR) is 82.6 cm³/mol. The molecule has 0 aliphatic rings. The van der Waals surface area contributed by atoms with Gasteiger partial charge in [0.05, 0.1) is 14.2 Å². The number of ether oxygens (including phenoxy) is 2. The van der Waals surface area contributed by atoms with E-state index in [0.717, 1.165) is 24.3 Å². The van der Waals surface area contributed by atoms with Gasteiger partial charge in [-0.2, -0.15) is 0 Å². The van der Waals surface area contributed by atoms with E-state index < -0.39 is 0 Å². The van der Waals surface area contributed by atoms with Gasteiger partial charge < -0.3 is 20.5 Å². The third-order valence-corrected chi connectivity index (χ3v) is 2.78. The molecule has 5 nitrogen and oxygen atoms in total. The first kappa shape index (κ1) is 15.9. The smallest absolute Gasteiger partial charge is 0.188 e. The molecule has 0 saturated heterocycles. The lowest BCUT2D eigenvalue weighted by atomic mass is 10.1. The lowest BCUT2D eigenvalue weighted by molar-refractivity contribution is 0.354. The fourth-order valence-corrected chi connectivity index (χ4v) is 1.75. The van der Waals surface area contributed by atoms with E-state index in [1.807, 2.05) is 18.2 Å². The average Bonchev–Trinajstić information content (AvgIpc) is 2.49. The second-order valence-corrected chi connectivity index (χ2v) is 4.23. The summed E-state index contributed by atoms with van der Waals surface area (Å²) in [4.78, 5) is 4.23. The highest BCUT2D eigenvalue weighted by Crippen LogP contribution is 2.27. The average molecular weight is 277 g/mol. The quantitative estimate of drug-likeness (QED) is 0.328. The number of hydrogen-bond donors (Lipinski definition) is 2. The topological polar surface area (TPSA) is 68.9 Å². The fraction of sp³-hybridized carbons (Fsp3) is 0.400. The van der Waals surface area contributed by atoms with Crippen molar-refractivity contribution in [2.45, 2.75) is 12.8 Å². The number of nitrogens with two attached hydrogens (primary N) is 1. The Balaban J connectivity index is 2.44. The lowest BCUT2D eigenvalue weighted by Crippen LogP contribution is -2.31. The van der Waals surface area contributed by atoms with Gasteiger partial charge in [-0.15, -0.1) is 6.58 Å². The zero-order valence-corrected chi connectivity index (χ0v) is 12.2. The van der Waals surface area contributed by atoms with Gasteiger partial charge in [-0.05, 0) is 30.5 Å². The van der Waals surface area contributed by atoms with Crippen LogP contribution < -0.4 is 20.5 Å². The molecule has 0 aliphatic heterocycles. The van der Waals surface area contributed by atoms with Crippen LogP contribution in [0.2, 0.25) is 0 Å². The Morgan fingerprint density at radius 1 is 1.35 bits per heavy atom. The first-order chi connectivity index (χ1) is 9.71. The second-order valence-electron chi connectivity index (χ2n) is 4.23. The van der Waals surface area contributed by atoms with E-state index in [1.54, 1.807) is 20.3 Å². The summed E-state index contributed by atoms with van der Waals surface area (Å²) in [7, 11) is 3.27. The fourth-order valence-electron chi connectivity index (χ4n) is 1.75. The summed E-state index contributed by atoms with van der Waals surface area (Å²) in [6, 6.07) is 5.93. The molecule has 0 aromatic heterocycles. The van der Waals surface area contributed by atoms with Crippen LogP contribution in [0.15, 0.2) is 35.8 Å². The minimum absolute atomic E-state index is 0.456. The number of guanidine groups is 1. The lowest BCUT2D eigenvalue weighted by Gasteiger charge is -2.09. The van der Waals surface area contributed by atoms with E-state index in [-0.39, 0.29) is 0 Å². The van der Waals surface area contributed by atoms with Crippen molar-refractivity contribution in [2.24, 2.45) is 10.7 Å². The SMILES string of the molecule is C=CCNC(N)=NCCCc1ccc(OC)c(OC)c1. The number of rotatable bonds is 8. The number of hydrogen-bond acceptors (Lipinski definition) is 3. The van der Waals surface area contributed by atoms with Gasteiger partial charge in [0.15, 0.2) is 17.5 Å². The summed E-state index contributed by atoms with van der Waals surface area (Å²) in [6.07, 6.45) is 3.58. The third kappa shape index (κ3) is 5.22.